The molecule has 0 spiro atoms. The van der Waals surface area contributed by atoms with Crippen molar-refractivity contribution in [2.24, 2.45) is 10.9 Å². The number of amides is 1. The van der Waals surface area contributed by atoms with Crippen molar-refractivity contribution in [3.8, 4) is 29.5 Å². The van der Waals surface area contributed by atoms with Gasteiger partial charge in [0.1, 0.15) is 35.5 Å². The van der Waals surface area contributed by atoms with Crippen LogP contribution < -0.4 is 9.64 Å². The molecule has 12 heteroatoms. The number of carbonyl (C=O) groups excluding carboxylic acids is 1. The van der Waals surface area contributed by atoms with E-state index in [2.05, 4.69) is 29.6 Å². The van der Waals surface area contributed by atoms with Gasteiger partial charge in [-0.05, 0) is 99.7 Å². The molecule has 6 aromatic rings. The van der Waals surface area contributed by atoms with Crippen LogP contribution in [0, 0.1) is 29.9 Å². The highest BCUT2D eigenvalue weighted by Crippen LogP contribution is 2.46. The summed E-state index contributed by atoms with van der Waals surface area (Å²) in [6.45, 7) is 11.9. The zero-order valence-electron chi connectivity index (χ0n) is 39.4. The molecule has 5 heterocycles. The van der Waals surface area contributed by atoms with Crippen LogP contribution in [-0.4, -0.2) is 93.8 Å². The Morgan fingerprint density at radius 3 is 2.37 bits per heavy atom. The Bertz CT molecular complexity index is 2950. The molecule has 350 valence electrons. The van der Waals surface area contributed by atoms with Crippen LogP contribution in [0.2, 0.25) is 0 Å². The fourth-order valence-corrected chi connectivity index (χ4v) is 11.3. The summed E-state index contributed by atoms with van der Waals surface area (Å²) in [7, 11) is 0. The lowest BCUT2D eigenvalue weighted by atomic mass is 9.88. The number of alkyl halides is 1. The van der Waals surface area contributed by atoms with Gasteiger partial charge in [-0.2, -0.15) is 9.97 Å². The minimum atomic E-state index is -0.966. The molecule has 5 aromatic carbocycles. The molecule has 0 unspecified atom stereocenters. The molecule has 1 aromatic heterocycles. The van der Waals surface area contributed by atoms with Gasteiger partial charge in [0, 0.05) is 53.5 Å². The molecule has 0 radical (unpaired) electrons. The number of hydrogen-bond acceptors (Lipinski definition) is 8. The monoisotopic (exact) mass is 918 g/mol. The van der Waals surface area contributed by atoms with Gasteiger partial charge in [0.05, 0.1) is 34.6 Å². The summed E-state index contributed by atoms with van der Waals surface area (Å²) in [5, 5.41) is 1.52. The molecule has 0 aliphatic carbocycles. The van der Waals surface area contributed by atoms with E-state index < -0.39 is 28.9 Å². The van der Waals surface area contributed by atoms with Crippen LogP contribution in [0.3, 0.4) is 0 Å². The van der Waals surface area contributed by atoms with Crippen LogP contribution in [0.15, 0.2) is 96.0 Å². The molecule has 10 rings (SSSR count). The number of nitrogens with zero attached hydrogens (tertiary/aromatic N) is 6. The minimum absolute atomic E-state index is 0.00920. The lowest BCUT2D eigenvalue weighted by molar-refractivity contribution is 0.00736. The molecule has 1 amide bonds. The number of terminal acetylenes is 1. The largest absolute Gasteiger partial charge is 0.461 e. The molecule has 0 saturated carbocycles. The molecule has 5 atom stereocenters. The smallest absolute Gasteiger partial charge is 0.410 e. The van der Waals surface area contributed by atoms with Crippen LogP contribution >= 0.6 is 0 Å². The van der Waals surface area contributed by atoms with Gasteiger partial charge in [0.25, 0.3) is 0 Å². The number of anilines is 1. The first-order valence-electron chi connectivity index (χ1n) is 24.0. The maximum Gasteiger partial charge on any atom is 0.410 e. The number of rotatable bonds is 9. The molecule has 3 fully saturated rings. The van der Waals surface area contributed by atoms with E-state index in [0.29, 0.717) is 77.8 Å². The maximum atomic E-state index is 18.4. The first-order chi connectivity index (χ1) is 32.7. The number of piperazine rings is 1. The molecule has 4 aliphatic heterocycles. The standard InChI is InChI=1S/C56H57F3N6O3/c1-7-16-41-31-65-46(32-64(41)54(66)68-55(4,5)6)34(3)25-38-27-44(49(59)51-48(38)52(65)62-53(61-51)67-33-56-23-15-24-63(56)30-39(57)29-56)43-28-40(26-37-21-22-45(58)42(8-2)47(37)43)60-50(35-17-11-9-12-18-35)36-19-13-10-14-20-36/h2,9-14,17-22,26-28,34,39,41,46H,7,15-16,23-25,29-33H2,1,3-6H3/t34-,39+,41+,46+,56-/m0/s1. The van der Waals surface area contributed by atoms with Gasteiger partial charge in [0.2, 0.25) is 0 Å². The van der Waals surface area contributed by atoms with E-state index in [0.717, 1.165) is 42.5 Å². The number of benzene rings is 5. The highest BCUT2D eigenvalue weighted by molar-refractivity contribution is 6.14. The van der Waals surface area contributed by atoms with E-state index >= 15 is 8.78 Å². The van der Waals surface area contributed by atoms with Gasteiger partial charge in [-0.25, -0.2) is 23.0 Å². The Morgan fingerprint density at radius 1 is 0.941 bits per heavy atom. The Labute approximate surface area is 396 Å². The van der Waals surface area contributed by atoms with Gasteiger partial charge in [-0.1, -0.05) is 92.9 Å². The molecule has 0 bridgehead atoms. The van der Waals surface area contributed by atoms with E-state index in [4.69, 9.17) is 30.9 Å². The van der Waals surface area contributed by atoms with Crippen molar-refractivity contribution >= 4 is 45.0 Å². The van der Waals surface area contributed by atoms with Crippen LogP contribution in [0.4, 0.5) is 29.5 Å². The molecule has 3 saturated heterocycles. The van der Waals surface area contributed by atoms with Crippen LogP contribution in [0.5, 0.6) is 6.01 Å². The molecule has 68 heavy (non-hydrogen) atoms. The summed E-state index contributed by atoms with van der Waals surface area (Å²) in [5.74, 6) is 1.78. The van der Waals surface area contributed by atoms with Crippen molar-refractivity contribution in [1.29, 1.82) is 0 Å². The van der Waals surface area contributed by atoms with Crippen molar-refractivity contribution in [2.45, 2.75) is 103 Å². The quantitative estimate of drug-likeness (QED) is 0.105. The van der Waals surface area contributed by atoms with E-state index in [9.17, 15) is 9.18 Å². The Hall–Kier alpha value is -6.45. The summed E-state index contributed by atoms with van der Waals surface area (Å²) in [5.41, 5.74) is 3.19. The van der Waals surface area contributed by atoms with Gasteiger partial charge in [-0.3, -0.25) is 4.90 Å². The third-order valence-corrected chi connectivity index (χ3v) is 14.4. The molecule has 4 aliphatic rings. The maximum absolute atomic E-state index is 18.4. The summed E-state index contributed by atoms with van der Waals surface area (Å²) in [6.07, 6.45) is 8.82. The number of aromatic nitrogens is 2. The normalized spacial score (nSPS) is 22.4. The highest BCUT2D eigenvalue weighted by Gasteiger charge is 2.50. The second-order valence-electron chi connectivity index (χ2n) is 20.1. The van der Waals surface area contributed by atoms with Gasteiger partial charge >= 0.3 is 12.1 Å². The SMILES string of the molecule is C#Cc1c(F)ccc2cc(N=C(c3ccccc3)c3ccccc3)cc(-c3cc4c5c(nc(OC[C@@]67CCCN6C[C@H](F)C7)nc5c3F)N3C[C@@H](CCC)N(C(=O)OC(C)(C)C)C[C@@H]3[C@@H](C)C4)c12. The third-order valence-electron chi connectivity index (χ3n) is 14.4. The number of fused-ring (bicyclic) bond motifs is 4. The van der Waals surface area contributed by atoms with Crippen molar-refractivity contribution < 1.29 is 27.4 Å². The number of aliphatic imine (C=N–C) groups is 1. The second-order valence-corrected chi connectivity index (χ2v) is 20.1. The lowest BCUT2D eigenvalue weighted by Crippen LogP contribution is -2.62. The van der Waals surface area contributed by atoms with E-state index in [1.165, 1.54) is 6.07 Å². The number of halogens is 3. The van der Waals surface area contributed by atoms with Gasteiger partial charge in [0.15, 0.2) is 5.82 Å². The minimum Gasteiger partial charge on any atom is -0.461 e. The Balaban J connectivity index is 1.18. The van der Waals surface area contributed by atoms with Crippen molar-refractivity contribution in [2.75, 3.05) is 37.7 Å². The topological polar surface area (TPSA) is 83.4 Å². The third kappa shape index (κ3) is 8.33. The average molecular weight is 919 g/mol. The summed E-state index contributed by atoms with van der Waals surface area (Å²) < 4.78 is 61.8. The highest BCUT2D eigenvalue weighted by atomic mass is 19.1. The second kappa shape index (κ2) is 17.9. The number of carbonyl (C=O) groups is 1. The molecule has 0 N–H and O–H groups in total. The fraction of sp³-hybridized carbons (Fsp3) is 0.393. The van der Waals surface area contributed by atoms with E-state index in [1.54, 1.807) is 12.1 Å². The zero-order chi connectivity index (χ0) is 47.5. The first kappa shape index (κ1) is 45.3. The summed E-state index contributed by atoms with van der Waals surface area (Å²) >= 11 is 0. The Kier molecular flexibility index (Phi) is 11.9. The van der Waals surface area contributed by atoms with Crippen molar-refractivity contribution in [1.82, 2.24) is 19.8 Å². The molecular formula is C56H57F3N6O3. The summed E-state index contributed by atoms with van der Waals surface area (Å²) in [6, 6.07) is 27.7. The van der Waals surface area contributed by atoms with E-state index in [1.807, 2.05) is 98.5 Å². The van der Waals surface area contributed by atoms with Gasteiger partial charge < -0.3 is 19.3 Å². The van der Waals surface area contributed by atoms with Crippen LogP contribution in [0.1, 0.15) is 89.0 Å². The van der Waals surface area contributed by atoms with E-state index in [-0.39, 0.29) is 53.4 Å². The number of ether oxygens (including phenoxy) is 2. The zero-order valence-corrected chi connectivity index (χ0v) is 39.4. The van der Waals surface area contributed by atoms with Crippen molar-refractivity contribution in [3.05, 3.63) is 125 Å². The Morgan fingerprint density at radius 2 is 1.68 bits per heavy atom. The lowest BCUT2D eigenvalue weighted by Gasteiger charge is -2.48. The first-order valence-corrected chi connectivity index (χ1v) is 24.0. The summed E-state index contributed by atoms with van der Waals surface area (Å²) in [4.78, 5) is 35.5. The average Bonchev–Trinajstić information content (AvgIpc) is 3.82. The fourth-order valence-electron chi connectivity index (χ4n) is 11.3. The van der Waals surface area contributed by atoms with Crippen LogP contribution in [-0.2, 0) is 11.2 Å². The predicted octanol–water partition coefficient (Wildman–Crippen LogP) is 11.6. The van der Waals surface area contributed by atoms with Crippen molar-refractivity contribution in [3.63, 3.8) is 0 Å². The van der Waals surface area contributed by atoms with Gasteiger partial charge in [-0.15, -0.1) is 6.42 Å². The molecular weight excluding hydrogens is 862 g/mol. The predicted molar refractivity (Wildman–Crippen MR) is 263 cm³/mol. The van der Waals surface area contributed by atoms with Crippen LogP contribution in [0.25, 0.3) is 32.8 Å². The number of hydrogen-bond donors (Lipinski definition) is 0. The molecule has 9 nitrogen and oxygen atoms in total.